The number of aliphatic hydroxyl groups excluding tert-OH is 4. The molecule has 5 unspecified atom stereocenters. The summed E-state index contributed by atoms with van der Waals surface area (Å²) in [6, 6.07) is 3.09. The molecule has 0 aromatic carbocycles. The van der Waals surface area contributed by atoms with Crippen LogP contribution < -0.4 is 10.2 Å². The Hall–Kier alpha value is -3.61. The molecule has 0 radical (unpaired) electrons. The molecule has 3 saturated heterocycles. The topological polar surface area (TPSA) is 237 Å². The van der Waals surface area contributed by atoms with Crippen molar-refractivity contribution in [3.05, 3.63) is 24.5 Å². The van der Waals surface area contributed by atoms with Gasteiger partial charge in [-0.05, 0) is 98.4 Å². The van der Waals surface area contributed by atoms with E-state index in [1.54, 1.807) is 33.2 Å². The Morgan fingerprint density at radius 3 is 1.72 bits per heavy atom. The van der Waals surface area contributed by atoms with Crippen LogP contribution in [0.25, 0.3) is 0 Å². The lowest BCUT2D eigenvalue weighted by Gasteiger charge is -2.31. The molecule has 0 aliphatic carbocycles. The molecule has 7 N–H and O–H groups in total. The van der Waals surface area contributed by atoms with Gasteiger partial charge in [-0.15, -0.1) is 0 Å². The summed E-state index contributed by atoms with van der Waals surface area (Å²) in [5.74, 6) is -2.09. The van der Waals surface area contributed by atoms with Crippen LogP contribution >= 0.6 is 0 Å². The second-order valence-electron chi connectivity index (χ2n) is 15.7. The van der Waals surface area contributed by atoms with Crippen LogP contribution in [0.1, 0.15) is 93.4 Å². The highest BCUT2D eigenvalue weighted by Gasteiger charge is 2.37. The average molecular weight is 815 g/mol. The van der Waals surface area contributed by atoms with E-state index in [1.807, 2.05) is 61.7 Å². The van der Waals surface area contributed by atoms with E-state index in [-0.39, 0.29) is 36.5 Å². The number of β-amino-alcohol motifs (C(OH)–C–C–N with tert-alkyl or cyclic N) is 1. The highest BCUT2D eigenvalue weighted by atomic mass is 16.6. The quantitative estimate of drug-likeness (QED) is 0.170. The third-order valence-electron chi connectivity index (χ3n) is 9.23. The van der Waals surface area contributed by atoms with Crippen molar-refractivity contribution in [2.45, 2.75) is 129 Å². The van der Waals surface area contributed by atoms with Crippen LogP contribution in [0.4, 0.5) is 10.5 Å². The van der Waals surface area contributed by atoms with Crippen LogP contribution in [0.3, 0.4) is 0 Å². The molecule has 0 saturated carbocycles. The highest BCUT2D eigenvalue weighted by molar-refractivity contribution is 5.83. The number of aromatic nitrogens is 1. The summed E-state index contributed by atoms with van der Waals surface area (Å²) < 4.78 is 5.41. The van der Waals surface area contributed by atoms with Gasteiger partial charge in [0.1, 0.15) is 11.6 Å². The fourth-order valence-corrected chi connectivity index (χ4v) is 5.90. The minimum atomic E-state index is -1.05. The summed E-state index contributed by atoms with van der Waals surface area (Å²) in [6.07, 6.45) is 7.46. The van der Waals surface area contributed by atoms with E-state index in [0.29, 0.717) is 19.6 Å². The first-order valence-electron chi connectivity index (χ1n) is 20.0. The van der Waals surface area contributed by atoms with E-state index in [4.69, 9.17) is 35.4 Å². The van der Waals surface area contributed by atoms with E-state index in [2.05, 4.69) is 10.3 Å². The largest absolute Gasteiger partial charge is 0.481 e. The number of amides is 2. The summed E-state index contributed by atoms with van der Waals surface area (Å²) >= 11 is 0. The van der Waals surface area contributed by atoms with E-state index in [9.17, 15) is 19.2 Å². The number of ether oxygens (including phenoxy) is 1. The molecule has 4 rings (SSSR count). The van der Waals surface area contributed by atoms with E-state index in [1.165, 1.54) is 23.9 Å². The molecule has 2 amide bonds. The van der Waals surface area contributed by atoms with E-state index < -0.39 is 42.4 Å². The summed E-state index contributed by atoms with van der Waals surface area (Å²) in [4.78, 5) is 54.2. The van der Waals surface area contributed by atoms with Crippen molar-refractivity contribution in [2.24, 2.45) is 5.92 Å². The predicted octanol–water partition coefficient (Wildman–Crippen LogP) is 2.50. The maximum Gasteiger partial charge on any atom is 0.410 e. The number of likely N-dealkylation sites (tertiary alicyclic amines) is 2. The second-order valence-corrected chi connectivity index (χ2v) is 15.7. The van der Waals surface area contributed by atoms with Crippen molar-refractivity contribution in [3.8, 4) is 0 Å². The molecular weight excluding hydrogens is 740 g/mol. The zero-order valence-corrected chi connectivity index (χ0v) is 35.8. The number of pyridine rings is 1. The number of hydrogen-bond acceptors (Lipinski definition) is 13. The first kappa shape index (κ1) is 53.4. The monoisotopic (exact) mass is 815 g/mol. The lowest BCUT2D eigenvalue weighted by atomic mass is 9.99. The van der Waals surface area contributed by atoms with Gasteiger partial charge >= 0.3 is 18.0 Å². The zero-order valence-electron chi connectivity index (χ0n) is 35.8. The number of rotatable bonds is 11. The number of aliphatic hydroxyl groups is 4. The Kier molecular flexibility index (Phi) is 26.9. The van der Waals surface area contributed by atoms with Crippen LogP contribution in [0.15, 0.2) is 24.5 Å². The van der Waals surface area contributed by atoms with Gasteiger partial charge in [0.05, 0.1) is 30.3 Å². The number of aliphatic carboxylic acids is 2. The number of nitrogens with one attached hydrogen (secondary N) is 1. The van der Waals surface area contributed by atoms with Gasteiger partial charge in [-0.1, -0.05) is 6.92 Å². The number of anilines is 1. The van der Waals surface area contributed by atoms with Crippen molar-refractivity contribution in [2.75, 3.05) is 71.4 Å². The molecule has 330 valence electrons. The normalized spacial score (nSPS) is 19.7. The number of carbonyl (C=O) groups excluding carboxylic acids is 2. The van der Waals surface area contributed by atoms with Crippen molar-refractivity contribution in [1.29, 1.82) is 0 Å². The molecule has 1 aromatic rings. The molecule has 3 aliphatic rings. The van der Waals surface area contributed by atoms with Crippen LogP contribution in [-0.4, -0.2) is 177 Å². The predicted molar refractivity (Wildman–Crippen MR) is 219 cm³/mol. The number of piperidine rings is 2. The molecule has 3 aliphatic heterocycles. The smallest absolute Gasteiger partial charge is 0.410 e. The van der Waals surface area contributed by atoms with Gasteiger partial charge in [-0.3, -0.25) is 19.5 Å². The first-order valence-corrected chi connectivity index (χ1v) is 20.0. The third-order valence-corrected chi connectivity index (χ3v) is 9.23. The van der Waals surface area contributed by atoms with Gasteiger partial charge in [-0.25, -0.2) is 9.59 Å². The van der Waals surface area contributed by atoms with Gasteiger partial charge in [0.15, 0.2) is 0 Å². The Bertz CT molecular complexity index is 1210. The molecule has 1 aromatic heterocycles. The molecular formula is C40H74N6O11. The molecule has 4 heterocycles. The maximum atomic E-state index is 11.7. The minimum absolute atomic E-state index is 0.0914. The molecule has 0 bridgehead atoms. The maximum absolute atomic E-state index is 11.7. The van der Waals surface area contributed by atoms with Crippen molar-refractivity contribution in [3.63, 3.8) is 0 Å². The summed E-state index contributed by atoms with van der Waals surface area (Å²) in [5, 5.41) is 56.8. The van der Waals surface area contributed by atoms with Crippen molar-refractivity contribution < 1.29 is 54.6 Å². The molecule has 5 atom stereocenters. The van der Waals surface area contributed by atoms with Gasteiger partial charge in [0.2, 0.25) is 5.91 Å². The highest BCUT2D eigenvalue weighted by Crippen LogP contribution is 2.19. The summed E-state index contributed by atoms with van der Waals surface area (Å²) in [5.41, 5.74) is 0.860. The Labute approximate surface area is 340 Å². The van der Waals surface area contributed by atoms with Crippen LogP contribution in [-0.2, 0) is 19.1 Å². The fraction of sp³-hybridized carbons (Fsp3) is 0.775. The van der Waals surface area contributed by atoms with E-state index in [0.717, 1.165) is 58.3 Å². The Morgan fingerprint density at radius 2 is 1.39 bits per heavy atom. The molecule has 17 heteroatoms. The Morgan fingerprint density at radius 1 is 0.895 bits per heavy atom. The first-order chi connectivity index (χ1) is 26.6. The second kappa shape index (κ2) is 28.7. The summed E-state index contributed by atoms with van der Waals surface area (Å²) in [7, 11) is 4.02. The lowest BCUT2D eigenvalue weighted by Crippen LogP contribution is -2.40. The van der Waals surface area contributed by atoms with E-state index >= 15 is 0 Å². The number of hydrogen-bond donors (Lipinski definition) is 7. The third kappa shape index (κ3) is 25.4. The number of nitrogens with zero attached hydrogens (tertiary/aromatic N) is 5. The van der Waals surface area contributed by atoms with Crippen LogP contribution in [0.2, 0.25) is 0 Å². The fourth-order valence-electron chi connectivity index (χ4n) is 5.90. The van der Waals surface area contributed by atoms with Gasteiger partial charge in [-0.2, -0.15) is 0 Å². The number of carbonyl (C=O) groups is 4. The van der Waals surface area contributed by atoms with Gasteiger partial charge in [0.25, 0.3) is 0 Å². The number of carboxylic acid groups (broad SMARTS) is 2. The standard InChI is InChI=1S/C11H21NO2.C9H21NO3.C7H10N2.C7H11NO4.C6H11NO2/c1-4-11(2,3)14-10(13)12-8-6-5-7-9-12;1-7(11)4-10(5-8(2)12)6-9(3)13;1-9(2)7-3-5-8-6-4-7;1-4(9)8-3-5(10)2-6(8)7(11)12;8-6(9)5-1-3-7-4-2-5/h4-9H2,1-3H3;7-9,11-13H,4-6H2,1-3H3;3-6H,1-2H3;5-6,10H,2-3H2,1H3,(H,11,12);5,7H,1-4H2,(H,8,9). The Balaban J connectivity index is 0.000000694. The minimum Gasteiger partial charge on any atom is -0.481 e. The average Bonchev–Trinajstić information content (AvgIpc) is 3.55. The molecule has 3 fully saturated rings. The van der Waals surface area contributed by atoms with Crippen molar-refractivity contribution >= 4 is 29.6 Å². The zero-order chi connectivity index (χ0) is 43.7. The lowest BCUT2D eigenvalue weighted by molar-refractivity contribution is -0.147. The number of carboxylic acids is 2. The van der Waals surface area contributed by atoms with Crippen LogP contribution in [0.5, 0.6) is 0 Å². The molecule has 17 nitrogen and oxygen atoms in total. The molecule has 57 heavy (non-hydrogen) atoms. The van der Waals surface area contributed by atoms with Gasteiger partial charge in [0, 0.05) is 84.8 Å². The van der Waals surface area contributed by atoms with Crippen molar-refractivity contribution in [1.82, 2.24) is 25.0 Å². The van der Waals surface area contributed by atoms with Gasteiger partial charge < -0.3 is 55.4 Å². The summed E-state index contributed by atoms with van der Waals surface area (Å²) in [6.45, 7) is 17.3. The molecule has 0 spiro atoms. The van der Waals surface area contributed by atoms with Crippen LogP contribution in [0, 0.1) is 5.92 Å². The SMILES string of the molecule is CC(=O)N1CC(O)CC1C(=O)O.CC(O)CN(CC(C)O)CC(C)O.CCC(C)(C)OC(=O)N1CCCCC1.CN(C)c1ccncc1.O=C(O)C1CCNCC1.